The lowest BCUT2D eigenvalue weighted by Crippen LogP contribution is -2.61. The summed E-state index contributed by atoms with van der Waals surface area (Å²) in [5.74, 6) is -0.150. The van der Waals surface area contributed by atoms with Crippen LogP contribution < -0.4 is 15.2 Å². The largest absolute Gasteiger partial charge is 0.484 e. The van der Waals surface area contributed by atoms with E-state index in [1.165, 1.54) is 10.6 Å². The Balaban J connectivity index is 1.55. The highest BCUT2D eigenvalue weighted by atomic mass is 35.5. The van der Waals surface area contributed by atoms with Gasteiger partial charge < -0.3 is 14.2 Å². The van der Waals surface area contributed by atoms with Crippen LogP contribution in [0.15, 0.2) is 35.1 Å². The van der Waals surface area contributed by atoms with E-state index in [1.54, 1.807) is 31.3 Å². The van der Waals surface area contributed by atoms with Crippen LogP contribution >= 0.6 is 11.6 Å². The molecule has 3 atom stereocenters. The number of aryl methyl sites for hydroxylation is 1. The molecule has 7 nitrogen and oxygen atoms in total. The van der Waals surface area contributed by atoms with E-state index < -0.39 is 5.82 Å². The number of aromatic nitrogens is 2. The Bertz CT molecular complexity index is 1370. The number of rotatable bonds is 2. The summed E-state index contributed by atoms with van der Waals surface area (Å²) in [7, 11) is 1.68. The maximum absolute atomic E-state index is 13.7. The Hall–Kier alpha value is -3.15. The van der Waals surface area contributed by atoms with Crippen molar-refractivity contribution in [2.45, 2.75) is 32.0 Å². The number of benzene rings is 1. The fourth-order valence-electron chi connectivity index (χ4n) is 4.99. The number of halogens is 2. The van der Waals surface area contributed by atoms with Gasteiger partial charge in [0.2, 0.25) is 5.75 Å². The second kappa shape index (κ2) is 8.01. The van der Waals surface area contributed by atoms with Gasteiger partial charge in [0.15, 0.2) is 0 Å². The van der Waals surface area contributed by atoms with Crippen LogP contribution in [0.3, 0.4) is 0 Å². The van der Waals surface area contributed by atoms with E-state index in [0.717, 1.165) is 5.56 Å². The number of pyridine rings is 2. The van der Waals surface area contributed by atoms with Gasteiger partial charge in [-0.1, -0.05) is 17.7 Å². The monoisotopic (exact) mass is 467 g/mol. The van der Waals surface area contributed by atoms with Crippen molar-refractivity contribution in [3.8, 4) is 11.8 Å². The number of nitriles is 1. The van der Waals surface area contributed by atoms with Crippen LogP contribution in [0, 0.1) is 17.1 Å². The molecule has 1 saturated heterocycles. The fourth-order valence-corrected chi connectivity index (χ4v) is 5.18. The van der Waals surface area contributed by atoms with Crippen LogP contribution in [0.4, 0.5) is 10.1 Å². The Kier molecular flexibility index (Phi) is 5.26. The molecule has 0 saturated carbocycles. The van der Waals surface area contributed by atoms with Crippen molar-refractivity contribution < 1.29 is 9.13 Å². The molecule has 0 spiro atoms. The van der Waals surface area contributed by atoms with Gasteiger partial charge in [0.1, 0.15) is 35.4 Å². The van der Waals surface area contributed by atoms with Gasteiger partial charge in [-0.25, -0.2) is 9.37 Å². The molecule has 4 heterocycles. The molecule has 0 amide bonds. The molecule has 0 aliphatic carbocycles. The first kappa shape index (κ1) is 21.7. The predicted molar refractivity (Wildman–Crippen MR) is 124 cm³/mol. The van der Waals surface area contributed by atoms with Gasteiger partial charge in [-0.05, 0) is 43.7 Å². The molecule has 0 bridgehead atoms. The standard InChI is InChI=1S/C24H23ClFN5O2/c1-13-10-31-17(11-30(13)14(2)15-4-6-19(26)18(25)8-15)12-33-23-22(31)21-20(29(3)24(23)32)7-5-16(9-27)28-21/h4-8,13-14,17H,10-12H2,1-3H3/t13-,14+,17+/m1/s1. The molecule has 1 aromatic carbocycles. The first-order valence-corrected chi connectivity index (χ1v) is 11.2. The molecular formula is C24H23ClFN5O2. The minimum Gasteiger partial charge on any atom is -0.484 e. The summed E-state index contributed by atoms with van der Waals surface area (Å²) in [6.07, 6.45) is 0. The van der Waals surface area contributed by atoms with Crippen molar-refractivity contribution in [1.29, 1.82) is 5.26 Å². The van der Waals surface area contributed by atoms with Crippen LogP contribution in [0.5, 0.6) is 5.75 Å². The van der Waals surface area contributed by atoms with Gasteiger partial charge in [0.25, 0.3) is 5.56 Å². The van der Waals surface area contributed by atoms with Gasteiger partial charge in [-0.2, -0.15) is 5.26 Å². The summed E-state index contributed by atoms with van der Waals surface area (Å²) in [4.78, 5) is 22.1. The molecule has 0 unspecified atom stereocenters. The summed E-state index contributed by atoms with van der Waals surface area (Å²) in [6.45, 7) is 5.92. The Morgan fingerprint density at radius 2 is 2.09 bits per heavy atom. The second-order valence-corrected chi connectivity index (χ2v) is 9.14. The molecule has 33 heavy (non-hydrogen) atoms. The van der Waals surface area contributed by atoms with Crippen molar-refractivity contribution in [1.82, 2.24) is 14.5 Å². The minimum atomic E-state index is -0.430. The van der Waals surface area contributed by atoms with Gasteiger partial charge in [0, 0.05) is 32.2 Å². The second-order valence-electron chi connectivity index (χ2n) is 8.73. The van der Waals surface area contributed by atoms with E-state index in [-0.39, 0.29) is 34.5 Å². The van der Waals surface area contributed by atoms with Crippen LogP contribution in [0.25, 0.3) is 11.0 Å². The summed E-state index contributed by atoms with van der Waals surface area (Å²) >= 11 is 6.02. The SMILES string of the molecule is C[C@@H]1CN2c3c(c(=O)n(C)c4ccc(C#N)nc34)OC[C@@H]2CN1[C@@H](C)c1ccc(F)c(Cl)c1. The third-order valence-corrected chi connectivity index (χ3v) is 7.10. The number of nitrogens with zero attached hydrogens (tertiary/aromatic N) is 5. The smallest absolute Gasteiger partial charge is 0.295 e. The van der Waals surface area contributed by atoms with Gasteiger partial charge in [-0.15, -0.1) is 0 Å². The molecule has 5 rings (SSSR count). The third-order valence-electron chi connectivity index (χ3n) is 6.81. The summed E-state index contributed by atoms with van der Waals surface area (Å²) in [5, 5.41) is 9.49. The molecule has 170 valence electrons. The zero-order valence-corrected chi connectivity index (χ0v) is 19.3. The maximum atomic E-state index is 13.7. The van der Waals surface area contributed by atoms with E-state index >= 15 is 0 Å². The van der Waals surface area contributed by atoms with Crippen LogP contribution in [-0.2, 0) is 7.05 Å². The highest BCUT2D eigenvalue weighted by molar-refractivity contribution is 6.30. The molecular weight excluding hydrogens is 445 g/mol. The molecule has 2 aliphatic heterocycles. The first-order chi connectivity index (χ1) is 15.8. The molecule has 1 fully saturated rings. The van der Waals surface area contributed by atoms with Crippen molar-refractivity contribution >= 4 is 28.3 Å². The number of fused-ring (bicyclic) bond motifs is 5. The van der Waals surface area contributed by atoms with Crippen molar-refractivity contribution in [2.75, 3.05) is 24.6 Å². The van der Waals surface area contributed by atoms with Crippen LogP contribution in [0.1, 0.15) is 31.1 Å². The third kappa shape index (κ3) is 3.43. The topological polar surface area (TPSA) is 74.4 Å². The van der Waals surface area contributed by atoms with Crippen molar-refractivity contribution in [3.63, 3.8) is 0 Å². The van der Waals surface area contributed by atoms with E-state index in [9.17, 15) is 14.4 Å². The molecule has 9 heteroatoms. The Morgan fingerprint density at radius 3 is 2.82 bits per heavy atom. The van der Waals surface area contributed by atoms with Crippen LogP contribution in [0.2, 0.25) is 5.02 Å². The average molecular weight is 468 g/mol. The molecule has 3 aromatic rings. The average Bonchev–Trinajstić information content (AvgIpc) is 2.82. The predicted octanol–water partition coefficient (Wildman–Crippen LogP) is 3.63. The van der Waals surface area contributed by atoms with E-state index in [1.807, 2.05) is 0 Å². The molecule has 0 N–H and O–H groups in total. The van der Waals surface area contributed by atoms with Crippen molar-refractivity contribution in [3.05, 3.63) is 62.8 Å². The van der Waals surface area contributed by atoms with E-state index in [0.29, 0.717) is 42.1 Å². The number of hydrogen-bond acceptors (Lipinski definition) is 6. The minimum absolute atomic E-state index is 0.00471. The summed E-state index contributed by atoms with van der Waals surface area (Å²) in [5.41, 5.74) is 2.93. The normalized spacial score (nSPS) is 21.2. The lowest BCUT2D eigenvalue weighted by atomic mass is 9.98. The first-order valence-electron chi connectivity index (χ1n) is 10.8. The van der Waals surface area contributed by atoms with Gasteiger partial charge in [0.05, 0.1) is 16.6 Å². The lowest BCUT2D eigenvalue weighted by Gasteiger charge is -2.50. The lowest BCUT2D eigenvalue weighted by molar-refractivity contribution is 0.0917. The van der Waals surface area contributed by atoms with E-state index in [4.69, 9.17) is 16.3 Å². The molecule has 2 aliphatic rings. The number of piperazine rings is 1. The number of ether oxygens (including phenoxy) is 1. The highest BCUT2D eigenvalue weighted by Crippen LogP contribution is 2.40. The summed E-state index contributed by atoms with van der Waals surface area (Å²) < 4.78 is 21.2. The van der Waals surface area contributed by atoms with Crippen LogP contribution in [-0.4, -0.2) is 46.2 Å². The zero-order valence-electron chi connectivity index (χ0n) is 18.5. The fraction of sp³-hybridized carbons (Fsp3) is 0.375. The highest BCUT2D eigenvalue weighted by Gasteiger charge is 2.40. The number of hydrogen-bond donors (Lipinski definition) is 0. The van der Waals surface area contributed by atoms with Crippen molar-refractivity contribution in [2.24, 2.45) is 7.05 Å². The molecule has 0 radical (unpaired) electrons. The molecule has 2 aromatic heterocycles. The number of anilines is 1. The Labute approximate surface area is 195 Å². The quantitative estimate of drug-likeness (QED) is 0.573. The van der Waals surface area contributed by atoms with Gasteiger partial charge >= 0.3 is 0 Å². The van der Waals surface area contributed by atoms with Gasteiger partial charge in [-0.3, -0.25) is 9.69 Å². The Morgan fingerprint density at radius 1 is 1.30 bits per heavy atom. The van der Waals surface area contributed by atoms with E-state index in [2.05, 4.69) is 34.7 Å². The zero-order chi connectivity index (χ0) is 23.4. The maximum Gasteiger partial charge on any atom is 0.295 e. The summed E-state index contributed by atoms with van der Waals surface area (Å²) in [6, 6.07) is 10.4.